The molecule has 2 atom stereocenters. The molecule has 1 fully saturated rings. The Balaban J connectivity index is 0.00000242. The number of amides is 1. The third-order valence-corrected chi connectivity index (χ3v) is 4.85. The van der Waals surface area contributed by atoms with Crippen molar-refractivity contribution in [1.29, 1.82) is 0 Å². The summed E-state index contributed by atoms with van der Waals surface area (Å²) < 4.78 is 0.198. The van der Waals surface area contributed by atoms with Crippen molar-refractivity contribution >= 4 is 35.8 Å². The number of carbonyl (C=O) groups is 1. The minimum atomic E-state index is 0. The smallest absolute Gasteiger partial charge is 0.224 e. The molecule has 0 heterocycles. The first-order chi connectivity index (χ1) is 9.83. The lowest BCUT2D eigenvalue weighted by Crippen LogP contribution is -2.28. The third-order valence-electron chi connectivity index (χ3n) is 3.73. The average Bonchev–Trinajstić information content (AvgIpc) is 2.76. The van der Waals surface area contributed by atoms with Gasteiger partial charge in [-0.3, -0.25) is 4.79 Å². The molecule has 3 nitrogen and oxygen atoms in total. The number of hydrogen-bond acceptors (Lipinski definition) is 3. The van der Waals surface area contributed by atoms with Gasteiger partial charge in [0.25, 0.3) is 0 Å². The van der Waals surface area contributed by atoms with Crippen LogP contribution >= 0.6 is 24.2 Å². The van der Waals surface area contributed by atoms with Crippen molar-refractivity contribution in [3.63, 3.8) is 0 Å². The maximum atomic E-state index is 12.1. The Morgan fingerprint density at radius 1 is 1.27 bits per heavy atom. The van der Waals surface area contributed by atoms with Gasteiger partial charge in [-0.2, -0.15) is 0 Å². The lowest BCUT2D eigenvalue weighted by molar-refractivity contribution is -0.117. The highest BCUT2D eigenvalue weighted by molar-refractivity contribution is 8.00. The maximum absolute atomic E-state index is 12.1. The van der Waals surface area contributed by atoms with Crippen molar-refractivity contribution in [2.45, 2.75) is 62.1 Å². The van der Waals surface area contributed by atoms with E-state index in [1.807, 2.05) is 23.9 Å². The van der Waals surface area contributed by atoms with E-state index in [0.29, 0.717) is 12.3 Å². The van der Waals surface area contributed by atoms with Crippen molar-refractivity contribution < 1.29 is 4.79 Å². The number of thioether (sulfide) groups is 1. The van der Waals surface area contributed by atoms with E-state index < -0.39 is 0 Å². The normalized spacial score (nSPS) is 21.3. The van der Waals surface area contributed by atoms with Crippen LogP contribution in [0.2, 0.25) is 0 Å². The monoisotopic (exact) mass is 342 g/mol. The number of rotatable bonds is 4. The fourth-order valence-corrected chi connectivity index (χ4v) is 3.71. The quantitative estimate of drug-likeness (QED) is 0.794. The molecular weight excluding hydrogens is 316 g/mol. The highest BCUT2D eigenvalue weighted by Gasteiger charge is 2.26. The molecule has 0 radical (unpaired) electrons. The molecule has 5 heteroatoms. The van der Waals surface area contributed by atoms with Crippen molar-refractivity contribution in [2.24, 2.45) is 11.7 Å². The average molecular weight is 343 g/mol. The molecule has 1 aliphatic carbocycles. The molecule has 0 bridgehead atoms. The Labute approximate surface area is 144 Å². The van der Waals surface area contributed by atoms with Crippen LogP contribution in [0.15, 0.2) is 29.2 Å². The van der Waals surface area contributed by atoms with Gasteiger partial charge in [0.2, 0.25) is 5.91 Å². The molecule has 0 unspecified atom stereocenters. The summed E-state index contributed by atoms with van der Waals surface area (Å²) in [4.78, 5) is 13.3. The summed E-state index contributed by atoms with van der Waals surface area (Å²) in [5.74, 6) is 0.425. The summed E-state index contributed by atoms with van der Waals surface area (Å²) in [5.41, 5.74) is 6.88. The zero-order valence-corrected chi connectivity index (χ0v) is 15.2. The van der Waals surface area contributed by atoms with E-state index in [9.17, 15) is 4.79 Å². The highest BCUT2D eigenvalue weighted by Crippen LogP contribution is 2.32. The minimum absolute atomic E-state index is 0. The number of anilines is 1. The molecule has 1 saturated carbocycles. The molecule has 0 saturated heterocycles. The zero-order chi connectivity index (χ0) is 15.5. The van der Waals surface area contributed by atoms with E-state index in [4.69, 9.17) is 5.73 Å². The van der Waals surface area contributed by atoms with Crippen molar-refractivity contribution in [3.8, 4) is 0 Å². The van der Waals surface area contributed by atoms with Gasteiger partial charge in [0.05, 0.1) is 0 Å². The second-order valence-corrected chi connectivity index (χ2v) is 8.75. The maximum Gasteiger partial charge on any atom is 0.224 e. The molecule has 1 aliphatic rings. The van der Waals surface area contributed by atoms with E-state index >= 15 is 0 Å². The molecule has 0 aliphatic heterocycles. The SMILES string of the molecule is CC(C)(C)Sc1ccc(NC(=O)C[C@@H]2CCC[C@H]2N)cc1.Cl. The van der Waals surface area contributed by atoms with Crippen LogP contribution in [-0.4, -0.2) is 16.7 Å². The Morgan fingerprint density at radius 3 is 2.41 bits per heavy atom. The summed E-state index contributed by atoms with van der Waals surface area (Å²) in [6.45, 7) is 6.58. The van der Waals surface area contributed by atoms with Crippen molar-refractivity contribution in [1.82, 2.24) is 0 Å². The summed E-state index contributed by atoms with van der Waals surface area (Å²) >= 11 is 1.83. The number of nitrogens with two attached hydrogens (primary N) is 1. The summed E-state index contributed by atoms with van der Waals surface area (Å²) in [7, 11) is 0. The standard InChI is InChI=1S/C17H26N2OS.ClH/c1-17(2,3)21-14-9-7-13(8-10-14)19-16(20)11-12-5-4-6-15(12)18;/h7-10,12,15H,4-6,11,18H2,1-3H3,(H,19,20);1H/t12-,15+;/m0./s1. The van der Waals surface area contributed by atoms with Gasteiger partial charge < -0.3 is 11.1 Å². The van der Waals surface area contributed by atoms with Crippen LogP contribution in [0.1, 0.15) is 46.5 Å². The van der Waals surface area contributed by atoms with Crippen molar-refractivity contribution in [3.05, 3.63) is 24.3 Å². The summed E-state index contributed by atoms with van der Waals surface area (Å²) in [5, 5.41) is 2.98. The first kappa shape index (κ1) is 19.3. The van der Waals surface area contributed by atoms with Crippen LogP contribution in [0.4, 0.5) is 5.69 Å². The van der Waals surface area contributed by atoms with Gasteiger partial charge in [0.1, 0.15) is 0 Å². The highest BCUT2D eigenvalue weighted by atomic mass is 35.5. The predicted octanol–water partition coefficient (Wildman–Crippen LogP) is 4.46. The van der Waals surface area contributed by atoms with Gasteiger partial charge in [0, 0.05) is 27.8 Å². The molecule has 1 aromatic rings. The van der Waals surface area contributed by atoms with Crippen LogP contribution in [0.25, 0.3) is 0 Å². The molecular formula is C17H27ClN2OS. The molecule has 0 spiro atoms. The molecule has 124 valence electrons. The molecule has 2 rings (SSSR count). The molecule has 1 aromatic carbocycles. The lowest BCUT2D eigenvalue weighted by Gasteiger charge is -2.18. The topological polar surface area (TPSA) is 55.1 Å². The van der Waals surface area contributed by atoms with Crippen LogP contribution < -0.4 is 11.1 Å². The van der Waals surface area contributed by atoms with E-state index in [2.05, 4.69) is 38.2 Å². The Hall–Kier alpha value is -0.710. The second kappa shape index (κ2) is 8.23. The fourth-order valence-electron chi connectivity index (χ4n) is 2.73. The van der Waals surface area contributed by atoms with Gasteiger partial charge in [0.15, 0.2) is 0 Å². The van der Waals surface area contributed by atoms with Crippen LogP contribution in [0, 0.1) is 5.92 Å². The summed E-state index contributed by atoms with van der Waals surface area (Å²) in [6, 6.07) is 8.27. The zero-order valence-electron chi connectivity index (χ0n) is 13.6. The van der Waals surface area contributed by atoms with Gasteiger partial charge in [-0.05, 0) is 43.0 Å². The van der Waals surface area contributed by atoms with Crippen molar-refractivity contribution in [2.75, 3.05) is 5.32 Å². The van der Waals surface area contributed by atoms with Gasteiger partial charge >= 0.3 is 0 Å². The molecule has 22 heavy (non-hydrogen) atoms. The molecule has 1 amide bonds. The van der Waals surface area contributed by atoms with Gasteiger partial charge in [-0.1, -0.05) is 27.2 Å². The Morgan fingerprint density at radius 2 is 1.91 bits per heavy atom. The molecule has 0 aromatic heterocycles. The molecule has 3 N–H and O–H groups in total. The Bertz CT molecular complexity index is 484. The van der Waals surface area contributed by atoms with E-state index in [1.54, 1.807) is 0 Å². The van der Waals surface area contributed by atoms with E-state index in [1.165, 1.54) is 4.90 Å². The number of benzene rings is 1. The number of hydrogen-bond donors (Lipinski definition) is 2. The van der Waals surface area contributed by atoms with E-state index in [0.717, 1.165) is 24.9 Å². The summed E-state index contributed by atoms with van der Waals surface area (Å²) in [6.07, 6.45) is 3.82. The van der Waals surface area contributed by atoms with Crippen LogP contribution in [0.5, 0.6) is 0 Å². The largest absolute Gasteiger partial charge is 0.327 e. The number of carbonyl (C=O) groups excluding carboxylic acids is 1. The van der Waals surface area contributed by atoms with Gasteiger partial charge in [-0.25, -0.2) is 0 Å². The lowest BCUT2D eigenvalue weighted by atomic mass is 10.00. The van der Waals surface area contributed by atoms with E-state index in [-0.39, 0.29) is 29.1 Å². The second-order valence-electron chi connectivity index (χ2n) is 6.85. The first-order valence-corrected chi connectivity index (χ1v) is 8.50. The predicted molar refractivity (Wildman–Crippen MR) is 97.9 cm³/mol. The van der Waals surface area contributed by atoms with Crippen LogP contribution in [-0.2, 0) is 4.79 Å². The minimum Gasteiger partial charge on any atom is -0.327 e. The number of halogens is 1. The third kappa shape index (κ3) is 6.19. The van der Waals surface area contributed by atoms with Crippen LogP contribution in [0.3, 0.4) is 0 Å². The first-order valence-electron chi connectivity index (χ1n) is 7.68. The fraction of sp³-hybridized carbons (Fsp3) is 0.588. The van der Waals surface area contributed by atoms with Gasteiger partial charge in [-0.15, -0.1) is 24.2 Å². The Kier molecular flexibility index (Phi) is 7.23. The number of nitrogens with one attached hydrogen (secondary N) is 1.